The molecule has 2 aromatic rings. The van der Waals surface area contributed by atoms with Gasteiger partial charge >= 0.3 is 0 Å². The van der Waals surface area contributed by atoms with Gasteiger partial charge in [-0.05, 0) is 23.1 Å². The van der Waals surface area contributed by atoms with Crippen LogP contribution in [0.15, 0.2) is 59.4 Å². The summed E-state index contributed by atoms with van der Waals surface area (Å²) < 4.78 is 6.54. The van der Waals surface area contributed by atoms with Gasteiger partial charge in [0.15, 0.2) is 0 Å². The smallest absolute Gasteiger partial charge is 0.221 e. The summed E-state index contributed by atoms with van der Waals surface area (Å²) in [6.45, 7) is 4.26. The van der Waals surface area contributed by atoms with E-state index >= 15 is 0 Å². The fourth-order valence-electron chi connectivity index (χ4n) is 4.88. The molecular formula is C23H22Cl2N2O2. The number of hydrogen-bond acceptors (Lipinski definition) is 4. The molecule has 2 aromatic carbocycles. The molecule has 1 N–H and O–H groups in total. The summed E-state index contributed by atoms with van der Waals surface area (Å²) in [6, 6.07) is 13.7. The summed E-state index contributed by atoms with van der Waals surface area (Å²) in [5, 5.41) is 18.6. The highest BCUT2D eigenvalue weighted by atomic mass is 35.5. The fourth-order valence-corrected chi connectivity index (χ4v) is 5.43. The lowest BCUT2D eigenvalue weighted by molar-refractivity contribution is -0.115. The second-order valence-corrected chi connectivity index (χ2v) is 9.73. The van der Waals surface area contributed by atoms with Gasteiger partial charge in [-0.3, -0.25) is 0 Å². The van der Waals surface area contributed by atoms with Crippen LogP contribution in [0.2, 0.25) is 10.0 Å². The van der Waals surface area contributed by atoms with Gasteiger partial charge in [0.2, 0.25) is 5.72 Å². The standard InChI is InChI=1S/C23H22Cl2N2O2/c1-22(2)11-16(28)12-23(13-22)27-20(10-19(26-27)14-6-4-3-5-7-14)17-8-15(24)9-18(25)21(17)29-23/h3-9,12,20,28H,10-11,13H2,1-2H3/t20-,23-/m0/s1. The molecule has 0 saturated heterocycles. The number of fused-ring (bicyclic) bond motifs is 4. The van der Waals surface area contributed by atoms with Crippen molar-refractivity contribution in [2.75, 3.05) is 0 Å². The normalized spacial score (nSPS) is 27.0. The molecule has 0 aromatic heterocycles. The van der Waals surface area contributed by atoms with Crippen LogP contribution in [-0.4, -0.2) is 21.6 Å². The van der Waals surface area contributed by atoms with Crippen LogP contribution < -0.4 is 4.74 Å². The molecule has 3 aliphatic rings. The maximum absolute atomic E-state index is 10.6. The third kappa shape index (κ3) is 3.10. The van der Waals surface area contributed by atoms with Crippen LogP contribution in [-0.2, 0) is 0 Å². The number of ether oxygens (including phenoxy) is 1. The summed E-state index contributed by atoms with van der Waals surface area (Å²) in [7, 11) is 0. The second-order valence-electron chi connectivity index (χ2n) is 8.88. The second kappa shape index (κ2) is 6.41. The minimum atomic E-state index is -0.891. The molecular weight excluding hydrogens is 407 g/mol. The molecule has 1 aliphatic carbocycles. The van der Waals surface area contributed by atoms with Crippen molar-refractivity contribution < 1.29 is 9.84 Å². The zero-order valence-corrected chi connectivity index (χ0v) is 17.8. The van der Waals surface area contributed by atoms with Gasteiger partial charge in [0, 0.05) is 35.9 Å². The van der Waals surface area contributed by atoms with E-state index in [1.165, 1.54) is 0 Å². The average Bonchev–Trinajstić information content (AvgIpc) is 3.09. The molecule has 0 unspecified atom stereocenters. The molecule has 4 nitrogen and oxygen atoms in total. The molecule has 2 aliphatic heterocycles. The van der Waals surface area contributed by atoms with Crippen molar-refractivity contribution in [1.82, 2.24) is 5.01 Å². The van der Waals surface area contributed by atoms with E-state index in [4.69, 9.17) is 33.0 Å². The summed E-state index contributed by atoms with van der Waals surface area (Å²) in [4.78, 5) is 0. The summed E-state index contributed by atoms with van der Waals surface area (Å²) >= 11 is 12.9. The fraction of sp³-hybridized carbons (Fsp3) is 0.348. The first kappa shape index (κ1) is 18.8. The summed E-state index contributed by atoms with van der Waals surface area (Å²) in [6.07, 6.45) is 3.81. The van der Waals surface area contributed by atoms with Crippen molar-refractivity contribution in [1.29, 1.82) is 0 Å². The van der Waals surface area contributed by atoms with E-state index < -0.39 is 5.72 Å². The third-order valence-electron chi connectivity index (χ3n) is 5.86. The van der Waals surface area contributed by atoms with Crippen LogP contribution in [0.25, 0.3) is 0 Å². The number of aliphatic hydroxyl groups is 1. The van der Waals surface area contributed by atoms with Crippen LogP contribution in [0.3, 0.4) is 0 Å². The largest absolute Gasteiger partial charge is 0.512 e. The lowest BCUT2D eigenvalue weighted by Gasteiger charge is -2.51. The predicted octanol–water partition coefficient (Wildman–Crippen LogP) is 6.50. The van der Waals surface area contributed by atoms with E-state index in [9.17, 15) is 5.11 Å². The first-order chi connectivity index (χ1) is 13.8. The van der Waals surface area contributed by atoms with Gasteiger partial charge in [0.1, 0.15) is 5.75 Å². The van der Waals surface area contributed by atoms with E-state index in [0.717, 1.165) is 16.8 Å². The number of halogens is 2. The van der Waals surface area contributed by atoms with E-state index in [1.807, 2.05) is 29.3 Å². The molecule has 0 saturated carbocycles. The van der Waals surface area contributed by atoms with Crippen LogP contribution in [0, 0.1) is 5.41 Å². The number of aliphatic hydroxyl groups excluding tert-OH is 1. The lowest BCUT2D eigenvalue weighted by atomic mass is 9.75. The molecule has 1 spiro atoms. The quantitative estimate of drug-likeness (QED) is 0.563. The molecule has 6 heteroatoms. The van der Waals surface area contributed by atoms with Crippen molar-refractivity contribution >= 4 is 28.9 Å². The Morgan fingerprint density at radius 3 is 2.66 bits per heavy atom. The highest BCUT2D eigenvalue weighted by Gasteiger charge is 2.54. The van der Waals surface area contributed by atoms with Crippen molar-refractivity contribution in [2.45, 2.75) is 44.9 Å². The monoisotopic (exact) mass is 428 g/mol. The number of nitrogens with zero attached hydrogens (tertiary/aromatic N) is 2. The number of benzene rings is 2. The minimum Gasteiger partial charge on any atom is -0.512 e. The Morgan fingerprint density at radius 2 is 1.93 bits per heavy atom. The Balaban J connectivity index is 1.70. The SMILES string of the molecule is CC1(C)CC(O)=C[C@@]2(C1)Oc1c(Cl)cc(Cl)cc1[C@@H]1CC(c3ccccc3)=NN12. The predicted molar refractivity (Wildman–Crippen MR) is 116 cm³/mol. The molecule has 0 radical (unpaired) electrons. The first-order valence-corrected chi connectivity index (χ1v) is 10.5. The van der Waals surface area contributed by atoms with E-state index in [1.54, 1.807) is 12.1 Å². The van der Waals surface area contributed by atoms with Gasteiger partial charge in [0.25, 0.3) is 0 Å². The zero-order valence-electron chi connectivity index (χ0n) is 16.3. The Hall–Kier alpha value is -2.17. The maximum atomic E-state index is 10.6. The van der Waals surface area contributed by atoms with Gasteiger partial charge in [-0.2, -0.15) is 5.10 Å². The number of allylic oxidation sites excluding steroid dienone is 1. The van der Waals surface area contributed by atoms with Crippen molar-refractivity contribution in [2.24, 2.45) is 10.5 Å². The van der Waals surface area contributed by atoms with Crippen molar-refractivity contribution in [3.8, 4) is 5.75 Å². The number of hydrazone groups is 1. The average molecular weight is 429 g/mol. The Bertz CT molecular complexity index is 1050. The molecule has 5 rings (SSSR count). The molecule has 150 valence electrons. The molecule has 2 heterocycles. The van der Waals surface area contributed by atoms with Gasteiger partial charge in [-0.1, -0.05) is 67.4 Å². The molecule has 0 bridgehead atoms. The third-order valence-corrected chi connectivity index (χ3v) is 6.36. The topological polar surface area (TPSA) is 45.1 Å². The number of rotatable bonds is 1. The Morgan fingerprint density at radius 1 is 1.17 bits per heavy atom. The van der Waals surface area contributed by atoms with Crippen LogP contribution >= 0.6 is 23.2 Å². The van der Waals surface area contributed by atoms with Crippen LogP contribution in [0.1, 0.15) is 50.3 Å². The zero-order chi connectivity index (χ0) is 20.4. The highest BCUT2D eigenvalue weighted by Crippen LogP contribution is 2.55. The van der Waals surface area contributed by atoms with Crippen LogP contribution in [0.5, 0.6) is 5.75 Å². The van der Waals surface area contributed by atoms with Crippen LogP contribution in [0.4, 0.5) is 0 Å². The molecule has 2 atom stereocenters. The molecule has 0 fully saturated rings. The summed E-state index contributed by atoms with van der Waals surface area (Å²) in [5.74, 6) is 0.945. The summed E-state index contributed by atoms with van der Waals surface area (Å²) in [5.41, 5.74) is 1.95. The van der Waals surface area contributed by atoms with Gasteiger partial charge in [-0.25, -0.2) is 5.01 Å². The Labute approximate surface area is 180 Å². The van der Waals surface area contributed by atoms with Crippen molar-refractivity contribution in [3.63, 3.8) is 0 Å². The minimum absolute atomic E-state index is 0.0666. The number of hydrogen-bond donors (Lipinski definition) is 1. The van der Waals surface area contributed by atoms with E-state index in [0.29, 0.717) is 40.8 Å². The van der Waals surface area contributed by atoms with Gasteiger partial charge < -0.3 is 9.84 Å². The maximum Gasteiger partial charge on any atom is 0.221 e. The van der Waals surface area contributed by atoms with Crippen molar-refractivity contribution in [3.05, 3.63) is 75.5 Å². The van der Waals surface area contributed by atoms with E-state index in [2.05, 4.69) is 26.0 Å². The molecule has 29 heavy (non-hydrogen) atoms. The lowest BCUT2D eigenvalue weighted by Crippen LogP contribution is -2.56. The van der Waals surface area contributed by atoms with E-state index in [-0.39, 0.29) is 11.5 Å². The highest BCUT2D eigenvalue weighted by molar-refractivity contribution is 6.35. The van der Waals surface area contributed by atoms with Gasteiger partial charge in [0.05, 0.1) is 22.5 Å². The first-order valence-electron chi connectivity index (χ1n) is 9.77. The Kier molecular flexibility index (Phi) is 4.17. The molecule has 0 amide bonds. The van der Waals surface area contributed by atoms with Gasteiger partial charge in [-0.15, -0.1) is 0 Å².